The molecule has 2 bridgehead atoms. The molecule has 5 rings (SSSR count). The third-order valence-corrected chi connectivity index (χ3v) is 6.95. The van der Waals surface area contributed by atoms with Crippen LogP contribution in [0.2, 0.25) is 0 Å². The van der Waals surface area contributed by atoms with E-state index < -0.39 is 0 Å². The third kappa shape index (κ3) is 2.20. The predicted molar refractivity (Wildman–Crippen MR) is 99.4 cm³/mol. The van der Waals surface area contributed by atoms with Gasteiger partial charge in [-0.05, 0) is 69.0 Å². The number of piperidine rings is 2. The SMILES string of the molecule is CN1C2CCCC1CC(n1c(O)c3c4c(cccc4c1=O)CCC3)C2. The molecule has 3 heterocycles. The van der Waals surface area contributed by atoms with E-state index in [1.165, 1.54) is 24.8 Å². The summed E-state index contributed by atoms with van der Waals surface area (Å²) in [6.07, 6.45) is 8.60. The van der Waals surface area contributed by atoms with E-state index in [1.807, 2.05) is 12.1 Å². The smallest absolute Gasteiger partial charge is 0.261 e. The van der Waals surface area contributed by atoms with Crippen LogP contribution in [-0.2, 0) is 12.8 Å². The van der Waals surface area contributed by atoms with Crippen molar-refractivity contribution in [2.45, 2.75) is 69.5 Å². The Morgan fingerprint density at radius 1 is 1.04 bits per heavy atom. The number of rotatable bonds is 1. The zero-order valence-electron chi connectivity index (χ0n) is 14.9. The Kier molecular flexibility index (Phi) is 3.46. The quantitative estimate of drug-likeness (QED) is 0.867. The highest BCUT2D eigenvalue weighted by molar-refractivity contribution is 5.90. The third-order valence-electron chi connectivity index (χ3n) is 6.95. The minimum Gasteiger partial charge on any atom is -0.494 e. The lowest BCUT2D eigenvalue weighted by molar-refractivity contribution is 0.0373. The van der Waals surface area contributed by atoms with E-state index >= 15 is 0 Å². The maximum atomic E-state index is 13.3. The Morgan fingerprint density at radius 2 is 1.80 bits per heavy atom. The standard InChI is InChI=1S/C21H26N2O2/c1-22-14-7-4-8-15(22)12-16(11-14)23-20(24)17-9-2-5-13-6-3-10-18(19(13)17)21(23)25/h2,5,9,14-16,25H,3-4,6-8,10-12H2,1H3. The molecule has 0 saturated carbocycles. The van der Waals surface area contributed by atoms with E-state index in [-0.39, 0.29) is 17.5 Å². The van der Waals surface area contributed by atoms with Gasteiger partial charge in [-0.15, -0.1) is 0 Å². The first kappa shape index (κ1) is 15.4. The van der Waals surface area contributed by atoms with Gasteiger partial charge in [0.25, 0.3) is 5.56 Å². The highest BCUT2D eigenvalue weighted by atomic mass is 16.3. The molecule has 2 saturated heterocycles. The molecular formula is C21H26N2O2. The second-order valence-electron chi connectivity index (χ2n) is 8.20. The molecule has 4 nitrogen and oxygen atoms in total. The summed E-state index contributed by atoms with van der Waals surface area (Å²) >= 11 is 0. The summed E-state index contributed by atoms with van der Waals surface area (Å²) in [5, 5.41) is 12.9. The molecule has 1 aromatic heterocycles. The van der Waals surface area contributed by atoms with Gasteiger partial charge in [0.2, 0.25) is 0 Å². The molecule has 2 unspecified atom stereocenters. The van der Waals surface area contributed by atoms with Crippen LogP contribution in [0.5, 0.6) is 5.88 Å². The van der Waals surface area contributed by atoms with Gasteiger partial charge in [0.1, 0.15) is 0 Å². The van der Waals surface area contributed by atoms with E-state index in [0.717, 1.165) is 48.4 Å². The van der Waals surface area contributed by atoms with Crippen LogP contribution in [0, 0.1) is 0 Å². The molecule has 0 amide bonds. The van der Waals surface area contributed by atoms with Gasteiger partial charge in [0.15, 0.2) is 5.88 Å². The zero-order chi connectivity index (χ0) is 17.1. The molecule has 3 aliphatic rings. The van der Waals surface area contributed by atoms with Crippen molar-refractivity contribution < 1.29 is 5.11 Å². The minimum atomic E-state index is 0.00706. The van der Waals surface area contributed by atoms with Crippen molar-refractivity contribution in [3.63, 3.8) is 0 Å². The highest BCUT2D eigenvalue weighted by Gasteiger charge is 2.38. The summed E-state index contributed by atoms with van der Waals surface area (Å²) in [5.41, 5.74) is 2.23. The molecule has 0 spiro atoms. The Bertz CT molecular complexity index is 887. The van der Waals surface area contributed by atoms with Crippen LogP contribution in [0.3, 0.4) is 0 Å². The van der Waals surface area contributed by atoms with Crippen molar-refractivity contribution in [2.24, 2.45) is 0 Å². The molecule has 132 valence electrons. The first-order valence-corrected chi connectivity index (χ1v) is 9.75. The first-order valence-electron chi connectivity index (χ1n) is 9.75. The van der Waals surface area contributed by atoms with Gasteiger partial charge in [-0.25, -0.2) is 0 Å². The number of fused-ring (bicyclic) bond motifs is 2. The fraction of sp³-hybridized carbons (Fsp3) is 0.571. The van der Waals surface area contributed by atoms with Crippen molar-refractivity contribution in [1.29, 1.82) is 0 Å². The number of aryl methyl sites for hydroxylation is 2. The maximum Gasteiger partial charge on any atom is 0.261 e. The lowest BCUT2D eigenvalue weighted by Gasteiger charge is -2.47. The molecule has 1 N–H and O–H groups in total. The molecule has 2 aromatic rings. The Morgan fingerprint density at radius 3 is 2.56 bits per heavy atom. The molecule has 4 heteroatoms. The minimum absolute atomic E-state index is 0.00706. The Labute approximate surface area is 148 Å². The van der Waals surface area contributed by atoms with Gasteiger partial charge in [0.05, 0.1) is 0 Å². The Hall–Kier alpha value is -1.81. The average Bonchev–Trinajstić information content (AvgIpc) is 2.60. The van der Waals surface area contributed by atoms with E-state index in [1.54, 1.807) is 4.57 Å². The van der Waals surface area contributed by atoms with E-state index in [4.69, 9.17) is 0 Å². The predicted octanol–water partition coefficient (Wildman–Crippen LogP) is 3.38. The van der Waals surface area contributed by atoms with E-state index in [9.17, 15) is 9.90 Å². The number of hydrogen-bond donors (Lipinski definition) is 1. The number of benzene rings is 1. The fourth-order valence-corrected chi connectivity index (χ4v) is 5.66. The number of aromatic hydroxyl groups is 1. The second kappa shape index (κ2) is 5.60. The molecular weight excluding hydrogens is 312 g/mol. The van der Waals surface area contributed by atoms with E-state index in [0.29, 0.717) is 12.1 Å². The highest BCUT2D eigenvalue weighted by Crippen LogP contribution is 2.41. The summed E-state index contributed by atoms with van der Waals surface area (Å²) in [6.45, 7) is 0. The van der Waals surface area contributed by atoms with Crippen LogP contribution >= 0.6 is 0 Å². The van der Waals surface area contributed by atoms with Crippen molar-refractivity contribution in [2.75, 3.05) is 7.05 Å². The molecule has 2 aliphatic heterocycles. The average molecular weight is 338 g/mol. The van der Waals surface area contributed by atoms with Crippen molar-refractivity contribution in [3.8, 4) is 5.88 Å². The molecule has 2 fully saturated rings. The van der Waals surface area contributed by atoms with Crippen LogP contribution < -0.4 is 5.56 Å². The number of aromatic nitrogens is 1. The van der Waals surface area contributed by atoms with Crippen molar-refractivity contribution in [1.82, 2.24) is 9.47 Å². The first-order chi connectivity index (χ1) is 12.1. The van der Waals surface area contributed by atoms with Gasteiger partial charge in [0, 0.05) is 29.1 Å². The van der Waals surface area contributed by atoms with Crippen LogP contribution in [0.15, 0.2) is 23.0 Å². The monoisotopic (exact) mass is 338 g/mol. The summed E-state index contributed by atoms with van der Waals surface area (Å²) in [4.78, 5) is 15.8. The van der Waals surface area contributed by atoms with Crippen molar-refractivity contribution >= 4 is 10.8 Å². The van der Waals surface area contributed by atoms with Gasteiger partial charge >= 0.3 is 0 Å². The van der Waals surface area contributed by atoms with Crippen molar-refractivity contribution in [3.05, 3.63) is 39.7 Å². The van der Waals surface area contributed by atoms with E-state index in [2.05, 4.69) is 18.0 Å². The summed E-state index contributed by atoms with van der Waals surface area (Å²) < 4.78 is 1.76. The fourth-order valence-electron chi connectivity index (χ4n) is 5.66. The molecule has 2 atom stereocenters. The molecule has 1 aliphatic carbocycles. The van der Waals surface area contributed by atoms with Gasteiger partial charge in [-0.2, -0.15) is 0 Å². The lowest BCUT2D eigenvalue weighted by atomic mass is 9.81. The van der Waals surface area contributed by atoms with Crippen LogP contribution in [-0.4, -0.2) is 33.7 Å². The summed E-state index contributed by atoms with van der Waals surface area (Å²) in [5.74, 6) is 0.247. The number of nitrogens with zero attached hydrogens (tertiary/aromatic N) is 2. The summed E-state index contributed by atoms with van der Waals surface area (Å²) in [7, 11) is 2.23. The van der Waals surface area contributed by atoms with Gasteiger partial charge in [-0.1, -0.05) is 18.6 Å². The molecule has 25 heavy (non-hydrogen) atoms. The Balaban J connectivity index is 1.69. The lowest BCUT2D eigenvalue weighted by Crippen LogP contribution is -2.51. The van der Waals surface area contributed by atoms with Crippen LogP contribution in [0.25, 0.3) is 10.8 Å². The van der Waals surface area contributed by atoms with Gasteiger partial charge < -0.3 is 10.0 Å². The van der Waals surface area contributed by atoms with Crippen LogP contribution in [0.4, 0.5) is 0 Å². The molecule has 0 radical (unpaired) electrons. The second-order valence-corrected chi connectivity index (χ2v) is 8.20. The number of hydrogen-bond acceptors (Lipinski definition) is 3. The topological polar surface area (TPSA) is 45.5 Å². The largest absolute Gasteiger partial charge is 0.494 e. The van der Waals surface area contributed by atoms with Gasteiger partial charge in [-0.3, -0.25) is 9.36 Å². The number of pyridine rings is 1. The maximum absolute atomic E-state index is 13.3. The zero-order valence-corrected chi connectivity index (χ0v) is 14.9. The molecule has 1 aromatic carbocycles. The summed E-state index contributed by atoms with van der Waals surface area (Å²) in [6, 6.07) is 7.27. The normalized spacial score (nSPS) is 29.1. The van der Waals surface area contributed by atoms with Crippen LogP contribution in [0.1, 0.15) is 55.7 Å².